The minimum absolute atomic E-state index is 0. The molecule has 0 bridgehead atoms. The smallest absolute Gasteiger partial charge is 1.00 e. The van der Waals surface area contributed by atoms with Crippen molar-refractivity contribution in [2.24, 2.45) is 32.2 Å². The summed E-state index contributed by atoms with van der Waals surface area (Å²) in [7, 11) is 0. The van der Waals surface area contributed by atoms with E-state index < -0.39 is 79.1 Å². The summed E-state index contributed by atoms with van der Waals surface area (Å²) in [5, 5.41) is 31.8. The third-order valence-electron chi connectivity index (χ3n) is 8.92. The van der Waals surface area contributed by atoms with E-state index >= 15 is 0 Å². The molecular formula is C40H64ClCoN14O9-. The molecule has 3 atom stereocenters. The quantitative estimate of drug-likeness (QED) is 0.0205. The normalized spacial score (nSPS) is 14.6. The molecule has 365 valence electrons. The van der Waals surface area contributed by atoms with Crippen LogP contribution in [0.5, 0.6) is 0 Å². The van der Waals surface area contributed by atoms with E-state index in [4.69, 9.17) is 17.2 Å². The molecule has 1 aliphatic rings. The van der Waals surface area contributed by atoms with Gasteiger partial charge in [-0.3, -0.25) is 48.5 Å². The molecule has 1 radical (unpaired) electrons. The minimum atomic E-state index is -1.12. The fourth-order valence-electron chi connectivity index (χ4n) is 6.01. The molecule has 0 aliphatic carbocycles. The number of nitrogens with one attached hydrogen (secondary N) is 5. The van der Waals surface area contributed by atoms with Crippen molar-refractivity contribution in [3.05, 3.63) is 71.9 Å². The van der Waals surface area contributed by atoms with Crippen LogP contribution in [0.1, 0.15) is 64.9 Å². The fraction of sp³-hybridized carbons (Fsp3) is 0.500. The maximum atomic E-state index is 13.9. The molecule has 1 aromatic carbocycles. The zero-order valence-corrected chi connectivity index (χ0v) is 38.6. The Hall–Kier alpha value is -6.08. The molecule has 1 aliphatic heterocycles. The van der Waals surface area contributed by atoms with Crippen LogP contribution < -0.4 is 56.2 Å². The van der Waals surface area contributed by atoms with Gasteiger partial charge in [0.15, 0.2) is 5.96 Å². The average Bonchev–Trinajstić information content (AvgIpc) is 3.70. The van der Waals surface area contributed by atoms with Gasteiger partial charge in [-0.15, -0.1) is 0 Å². The van der Waals surface area contributed by atoms with Crippen molar-refractivity contribution in [2.75, 3.05) is 45.8 Å². The topological polar surface area (TPSA) is 405 Å². The monoisotopic (exact) mass is 978 g/mol. The molecule has 7 amide bonds. The number of nitrogens with zero attached hydrogens (tertiary/aromatic N) is 4. The van der Waals surface area contributed by atoms with Crippen LogP contribution in [0.15, 0.2) is 69.0 Å². The van der Waals surface area contributed by atoms with Crippen LogP contribution >= 0.6 is 0 Å². The van der Waals surface area contributed by atoms with E-state index in [0.717, 1.165) is 5.56 Å². The average molecular weight is 979 g/mol. The Morgan fingerprint density at radius 2 is 1.31 bits per heavy atom. The third-order valence-corrected chi connectivity index (χ3v) is 8.92. The number of likely N-dealkylation sites (tertiary alicyclic amines) is 1. The molecule has 0 aromatic heterocycles. The molecule has 0 saturated carbocycles. The molecule has 25 heteroatoms. The molecule has 1 saturated heterocycles. The van der Waals surface area contributed by atoms with Crippen molar-refractivity contribution in [1.29, 1.82) is 0 Å². The predicted molar refractivity (Wildman–Crippen MR) is 240 cm³/mol. The van der Waals surface area contributed by atoms with E-state index in [9.17, 15) is 43.8 Å². The second kappa shape index (κ2) is 34.3. The van der Waals surface area contributed by atoms with E-state index in [2.05, 4.69) is 41.6 Å². The molecule has 1 heterocycles. The van der Waals surface area contributed by atoms with Gasteiger partial charge in [-0.2, -0.15) is 0 Å². The summed E-state index contributed by atoms with van der Waals surface area (Å²) in [5.74, 6) is -4.53. The van der Waals surface area contributed by atoms with Crippen LogP contribution in [0.3, 0.4) is 0 Å². The van der Waals surface area contributed by atoms with Crippen LogP contribution in [-0.4, -0.2) is 138 Å². The van der Waals surface area contributed by atoms with E-state index in [-0.39, 0.29) is 97.7 Å². The number of allylic oxidation sites excluding steroid dienone is 4. The van der Waals surface area contributed by atoms with Gasteiger partial charge in [0.1, 0.15) is 18.1 Å². The molecule has 65 heavy (non-hydrogen) atoms. The summed E-state index contributed by atoms with van der Waals surface area (Å²) in [6.07, 6.45) is 4.24. The molecule has 0 spiro atoms. The fourth-order valence-corrected chi connectivity index (χ4v) is 6.01. The Kier molecular flexibility index (Phi) is 33.4. The summed E-state index contributed by atoms with van der Waals surface area (Å²) in [4.78, 5) is 103. The number of aliphatic hydroxyl groups is 2. The van der Waals surface area contributed by atoms with Crippen molar-refractivity contribution in [2.45, 2.75) is 83.8 Å². The van der Waals surface area contributed by atoms with Crippen LogP contribution in [-0.2, 0) is 56.8 Å². The molecule has 1 fully saturated rings. The molecule has 2 rings (SSSR count). The van der Waals surface area contributed by atoms with Crippen molar-refractivity contribution in [3.63, 3.8) is 0 Å². The molecule has 17 N–H and O–H groups in total. The second-order valence-corrected chi connectivity index (χ2v) is 14.2. The number of hydrogen-bond donors (Lipinski definition) is 10. The largest absolute Gasteiger partial charge is 2.00 e. The van der Waals surface area contributed by atoms with Crippen LogP contribution in [0.25, 0.3) is 12.3 Å². The number of aliphatic hydroxyl groups excluding tert-OH is 2. The van der Waals surface area contributed by atoms with E-state index in [1.54, 1.807) is 51.1 Å². The van der Waals surface area contributed by atoms with Crippen molar-refractivity contribution < 1.29 is 73.0 Å². The van der Waals surface area contributed by atoms with Crippen LogP contribution in [0.2, 0.25) is 0 Å². The summed E-state index contributed by atoms with van der Waals surface area (Å²) < 4.78 is 0. The number of nitrogens with two attached hydrogens (primary N) is 5. The Balaban J connectivity index is -0.00000961. The SMILES string of the molecule is CC(/C=C(/C)O)=NCCN=C(C)/C=C(\O)CCC(=O)NCC(=O)NCC(=O)NCC(=O)N[C@@H](Cc1ccccc1)C(=O)N1CCC[C@H]1C(=O)N[C@@H](CCCN=C(N)N)C(N)=O.[Cl-].[Co+2].[NH2-].[NH2-]. The van der Waals surface area contributed by atoms with E-state index in [1.165, 1.54) is 17.1 Å². The van der Waals surface area contributed by atoms with Gasteiger partial charge in [0.2, 0.25) is 41.4 Å². The number of primary amides is 1. The van der Waals surface area contributed by atoms with Gasteiger partial charge < -0.3 is 83.6 Å². The first-order chi connectivity index (χ1) is 28.9. The Morgan fingerprint density at radius 1 is 0.754 bits per heavy atom. The number of aliphatic imine (C=N–C) groups is 3. The molecule has 1 aromatic rings. The number of hydrogen-bond acceptors (Lipinski definition) is 12. The second-order valence-electron chi connectivity index (χ2n) is 14.2. The summed E-state index contributed by atoms with van der Waals surface area (Å²) in [6, 6.07) is 5.80. The summed E-state index contributed by atoms with van der Waals surface area (Å²) >= 11 is 0. The standard InChI is InChI=1S/C40H60N12O9.ClH.Co.2H2N/c1-25(19-27(3)53)44-16-17-45-26(2)20-29(54)13-14-33(55)47-22-34(56)48-23-35(57)49-24-36(58)50-31(21-28-9-5-4-6-10-28)39(61)52-18-8-12-32(52)38(60)51-30(37(41)59)11-7-15-46-40(42)43;;;;/h4-6,9-10,19-20,30-32,53-54H,7-8,11-18,21-24H2,1-3H3,(H2,41,59)(H,47,55)(H,48,56)(H,49,57)(H,50,58)(H,51,60)(H4,42,43,46);1H;;2*1H2/q;;+2;2*-1/p-1/b27-19-,29-20-,44-25?,45-26?;;;;/t30-,31-,32-;;;;/m0..../s1. The molecule has 23 nitrogen and oxygen atoms in total. The predicted octanol–water partition coefficient (Wildman–Crippen LogP) is -2.88. The van der Waals surface area contributed by atoms with Crippen LogP contribution in [0, 0.1) is 0 Å². The number of amides is 7. The maximum Gasteiger partial charge on any atom is 2.00 e. The number of carbonyl (C=O) groups excluding carboxylic acids is 7. The number of carbonyl (C=O) groups is 7. The van der Waals surface area contributed by atoms with Crippen molar-refractivity contribution >= 4 is 58.7 Å². The van der Waals surface area contributed by atoms with Gasteiger partial charge in [-0.1, -0.05) is 30.3 Å². The van der Waals surface area contributed by atoms with Crippen LogP contribution in [0.4, 0.5) is 0 Å². The minimum Gasteiger partial charge on any atom is -1.00 e. The van der Waals surface area contributed by atoms with Gasteiger partial charge in [0.05, 0.1) is 44.2 Å². The number of guanidine groups is 1. The molecule has 0 unspecified atom stereocenters. The summed E-state index contributed by atoms with van der Waals surface area (Å²) in [6.45, 7) is 4.69. The van der Waals surface area contributed by atoms with Gasteiger partial charge in [0.25, 0.3) is 0 Å². The first-order valence-electron chi connectivity index (χ1n) is 19.8. The van der Waals surface area contributed by atoms with Gasteiger partial charge in [-0.25, -0.2) is 0 Å². The summed E-state index contributed by atoms with van der Waals surface area (Å²) in [5.41, 5.74) is 18.1. The number of benzene rings is 1. The maximum absolute atomic E-state index is 13.9. The first-order valence-corrected chi connectivity index (χ1v) is 19.8. The number of halogens is 1. The zero-order chi connectivity index (χ0) is 45.3. The number of rotatable bonds is 25. The molecular weight excluding hydrogens is 915 g/mol. The van der Waals surface area contributed by atoms with E-state index in [0.29, 0.717) is 43.8 Å². The van der Waals surface area contributed by atoms with Gasteiger partial charge >= 0.3 is 16.8 Å². The Bertz CT molecular complexity index is 1860. The zero-order valence-electron chi connectivity index (χ0n) is 36.8. The van der Waals surface area contributed by atoms with E-state index in [1.807, 2.05) is 0 Å². The van der Waals surface area contributed by atoms with Crippen molar-refractivity contribution in [3.8, 4) is 0 Å². The van der Waals surface area contributed by atoms with Crippen molar-refractivity contribution in [1.82, 2.24) is 31.5 Å². The van der Waals surface area contributed by atoms with Gasteiger partial charge in [-0.05, 0) is 64.2 Å². The Morgan fingerprint density at radius 3 is 1.86 bits per heavy atom. The van der Waals surface area contributed by atoms with Gasteiger partial charge in [0, 0.05) is 43.8 Å². The first kappa shape index (κ1) is 63.2. The third kappa shape index (κ3) is 27.0. The Labute approximate surface area is 395 Å².